The van der Waals surface area contributed by atoms with Gasteiger partial charge in [0.2, 0.25) is 0 Å². The van der Waals surface area contributed by atoms with Gasteiger partial charge in [-0.25, -0.2) is 0 Å². The predicted octanol–water partition coefficient (Wildman–Crippen LogP) is 1.13. The summed E-state index contributed by atoms with van der Waals surface area (Å²) in [6.45, 7) is 0.0942. The van der Waals surface area contributed by atoms with E-state index in [2.05, 4.69) is 27.7 Å². The molecule has 3 N–H and O–H groups in total. The van der Waals surface area contributed by atoms with Crippen molar-refractivity contribution in [3.63, 3.8) is 0 Å². The average molecular weight is 334 g/mol. The number of fused-ring (bicyclic) bond motifs is 1. The first-order valence-corrected chi connectivity index (χ1v) is 5.82. The van der Waals surface area contributed by atoms with Crippen molar-refractivity contribution in [3.05, 3.63) is 21.8 Å². The minimum absolute atomic E-state index is 0.118. The van der Waals surface area contributed by atoms with Gasteiger partial charge >= 0.3 is 0 Å². The smallest absolute Gasteiger partial charge is 0.262 e. The number of hydrogen-bond donors (Lipinski definition) is 2. The first-order valence-electron chi connectivity index (χ1n) is 4.75. The van der Waals surface area contributed by atoms with Gasteiger partial charge in [0.15, 0.2) is 5.58 Å². The first kappa shape index (κ1) is 11.6. The summed E-state index contributed by atoms with van der Waals surface area (Å²) in [5, 5.41) is 13.4. The van der Waals surface area contributed by atoms with Crippen molar-refractivity contribution >= 4 is 33.6 Å². The van der Waals surface area contributed by atoms with Crippen LogP contribution in [0.2, 0.25) is 0 Å². The normalized spacial score (nSPS) is 12.9. The Morgan fingerprint density at radius 2 is 2.38 bits per heavy atom. The number of aliphatic hydroxyl groups excluding tert-OH is 1. The zero-order chi connectivity index (χ0) is 11.5. The monoisotopic (exact) mass is 334 g/mol. The lowest BCUT2D eigenvalue weighted by Gasteiger charge is -2.07. The molecular weight excluding hydrogens is 323 g/mol. The molecule has 0 fully saturated rings. The number of nitrogens with zero attached hydrogens (tertiary/aromatic N) is 1. The molecule has 2 rings (SSSR count). The number of aromatic nitrogens is 1. The van der Waals surface area contributed by atoms with Gasteiger partial charge in [0.25, 0.3) is 5.88 Å². The summed E-state index contributed by atoms with van der Waals surface area (Å²) in [6.07, 6.45) is 0. The molecule has 0 saturated heterocycles. The zero-order valence-corrected chi connectivity index (χ0v) is 10.5. The molecule has 2 aromatic rings. The highest BCUT2D eigenvalue weighted by Crippen LogP contribution is 2.26. The molecule has 0 aliphatic rings. The van der Waals surface area contributed by atoms with E-state index in [4.69, 9.17) is 20.1 Å². The highest BCUT2D eigenvalue weighted by Gasteiger charge is 2.11. The van der Waals surface area contributed by atoms with Gasteiger partial charge in [-0.1, -0.05) is 0 Å². The van der Waals surface area contributed by atoms with Gasteiger partial charge in [0.1, 0.15) is 6.61 Å². The standard InChI is InChI=1S/C10H11IN2O3/c11-6-1-2-9-8(3-6)10(13-16-9)15-5-7(12)4-14/h1-3,7,14H,4-5,12H2. The van der Waals surface area contributed by atoms with Crippen LogP contribution in [0.1, 0.15) is 0 Å². The summed E-state index contributed by atoms with van der Waals surface area (Å²) in [6, 6.07) is 5.28. The number of benzene rings is 1. The van der Waals surface area contributed by atoms with Crippen LogP contribution in [0.25, 0.3) is 11.0 Å². The Morgan fingerprint density at radius 3 is 3.12 bits per heavy atom. The largest absolute Gasteiger partial charge is 0.473 e. The number of halogens is 1. The van der Waals surface area contributed by atoms with Crippen molar-refractivity contribution in [2.45, 2.75) is 6.04 Å². The molecule has 6 heteroatoms. The molecule has 0 saturated carbocycles. The fraction of sp³-hybridized carbons (Fsp3) is 0.300. The summed E-state index contributed by atoms with van der Waals surface area (Å²) in [7, 11) is 0. The molecule has 1 heterocycles. The summed E-state index contributed by atoms with van der Waals surface area (Å²) >= 11 is 2.20. The maximum absolute atomic E-state index is 8.77. The third kappa shape index (κ3) is 2.45. The first-order chi connectivity index (χ1) is 7.70. The van der Waals surface area contributed by atoms with E-state index in [1.165, 1.54) is 0 Å². The van der Waals surface area contributed by atoms with E-state index in [0.29, 0.717) is 11.5 Å². The Labute approximate surface area is 106 Å². The molecule has 0 bridgehead atoms. The number of hydrogen-bond acceptors (Lipinski definition) is 5. The molecule has 0 radical (unpaired) electrons. The van der Waals surface area contributed by atoms with Crippen LogP contribution in [0.5, 0.6) is 5.88 Å². The van der Waals surface area contributed by atoms with Crippen molar-refractivity contribution in [1.82, 2.24) is 5.16 Å². The average Bonchev–Trinajstić information content (AvgIpc) is 2.68. The highest BCUT2D eigenvalue weighted by molar-refractivity contribution is 14.1. The molecule has 16 heavy (non-hydrogen) atoms. The molecule has 0 amide bonds. The van der Waals surface area contributed by atoms with E-state index < -0.39 is 6.04 Å². The van der Waals surface area contributed by atoms with Gasteiger partial charge in [-0.2, -0.15) is 0 Å². The highest BCUT2D eigenvalue weighted by atomic mass is 127. The van der Waals surface area contributed by atoms with Crippen LogP contribution in [0.3, 0.4) is 0 Å². The number of nitrogens with two attached hydrogens (primary N) is 1. The summed E-state index contributed by atoms with van der Waals surface area (Å²) in [5.41, 5.74) is 6.20. The molecule has 0 aliphatic carbocycles. The Kier molecular flexibility index (Phi) is 3.62. The molecule has 1 aromatic heterocycles. The van der Waals surface area contributed by atoms with Crippen LogP contribution >= 0.6 is 22.6 Å². The van der Waals surface area contributed by atoms with Crippen LogP contribution in [0, 0.1) is 3.57 Å². The van der Waals surface area contributed by atoms with E-state index >= 15 is 0 Å². The SMILES string of the molecule is NC(CO)COc1noc2ccc(I)cc12. The van der Waals surface area contributed by atoms with Gasteiger partial charge in [-0.15, -0.1) is 0 Å². The number of rotatable bonds is 4. The Bertz CT molecular complexity index is 486. The van der Waals surface area contributed by atoms with Crippen molar-refractivity contribution in [2.75, 3.05) is 13.2 Å². The molecule has 0 aliphatic heterocycles. The van der Waals surface area contributed by atoms with Gasteiger partial charge in [-0.05, 0) is 45.9 Å². The van der Waals surface area contributed by atoms with Crippen molar-refractivity contribution < 1.29 is 14.4 Å². The fourth-order valence-electron chi connectivity index (χ4n) is 1.23. The van der Waals surface area contributed by atoms with E-state index in [9.17, 15) is 0 Å². The van der Waals surface area contributed by atoms with E-state index in [1.807, 2.05) is 18.2 Å². The van der Waals surface area contributed by atoms with E-state index in [1.54, 1.807) is 0 Å². The lowest BCUT2D eigenvalue weighted by atomic mass is 10.2. The van der Waals surface area contributed by atoms with Gasteiger partial charge in [-0.3, -0.25) is 0 Å². The van der Waals surface area contributed by atoms with Crippen molar-refractivity contribution in [1.29, 1.82) is 0 Å². The second kappa shape index (κ2) is 4.98. The minimum Gasteiger partial charge on any atom is -0.473 e. The predicted molar refractivity (Wildman–Crippen MR) is 67.3 cm³/mol. The Hall–Kier alpha value is -0.860. The molecule has 1 aromatic carbocycles. The lowest BCUT2D eigenvalue weighted by Crippen LogP contribution is -2.31. The van der Waals surface area contributed by atoms with Crippen molar-refractivity contribution in [2.24, 2.45) is 5.73 Å². The van der Waals surface area contributed by atoms with Crippen LogP contribution in [0.4, 0.5) is 0 Å². The molecule has 0 spiro atoms. The van der Waals surface area contributed by atoms with E-state index in [0.717, 1.165) is 8.96 Å². The van der Waals surface area contributed by atoms with Gasteiger partial charge in [0.05, 0.1) is 18.0 Å². The third-order valence-corrected chi connectivity index (χ3v) is 2.74. The second-order valence-corrected chi connectivity index (χ2v) is 4.63. The van der Waals surface area contributed by atoms with Gasteiger partial charge < -0.3 is 20.1 Å². The van der Waals surface area contributed by atoms with Crippen LogP contribution in [-0.4, -0.2) is 29.5 Å². The van der Waals surface area contributed by atoms with Gasteiger partial charge in [0, 0.05) is 3.57 Å². The third-order valence-electron chi connectivity index (χ3n) is 2.07. The number of ether oxygens (including phenoxy) is 1. The lowest BCUT2D eigenvalue weighted by molar-refractivity contribution is 0.198. The molecule has 86 valence electrons. The second-order valence-electron chi connectivity index (χ2n) is 3.38. The van der Waals surface area contributed by atoms with E-state index in [-0.39, 0.29) is 13.2 Å². The molecule has 1 atom stereocenters. The molecular formula is C10H11IN2O3. The van der Waals surface area contributed by atoms with Crippen molar-refractivity contribution in [3.8, 4) is 5.88 Å². The fourth-order valence-corrected chi connectivity index (χ4v) is 1.72. The van der Waals surface area contributed by atoms with Crippen LogP contribution in [0.15, 0.2) is 22.7 Å². The molecule has 1 unspecified atom stereocenters. The topological polar surface area (TPSA) is 81.5 Å². The van der Waals surface area contributed by atoms with Crippen LogP contribution < -0.4 is 10.5 Å². The summed E-state index contributed by atoms with van der Waals surface area (Å²) in [5.74, 6) is 0.414. The maximum atomic E-state index is 8.77. The minimum atomic E-state index is -0.408. The number of aliphatic hydroxyl groups is 1. The van der Waals surface area contributed by atoms with Crippen LogP contribution in [-0.2, 0) is 0 Å². The quantitative estimate of drug-likeness (QED) is 0.820. The molecule has 5 nitrogen and oxygen atoms in total. The summed E-state index contributed by atoms with van der Waals surface area (Å²) in [4.78, 5) is 0. The zero-order valence-electron chi connectivity index (χ0n) is 8.39. The Morgan fingerprint density at radius 1 is 1.56 bits per heavy atom. The Balaban J connectivity index is 2.21. The maximum Gasteiger partial charge on any atom is 0.262 e. The summed E-state index contributed by atoms with van der Waals surface area (Å²) < 4.78 is 11.5.